The van der Waals surface area contributed by atoms with Gasteiger partial charge in [-0.3, -0.25) is 9.59 Å². The fourth-order valence-electron chi connectivity index (χ4n) is 1.87. The van der Waals surface area contributed by atoms with Crippen LogP contribution in [-0.2, 0) is 9.59 Å². The lowest BCUT2D eigenvalue weighted by molar-refractivity contribution is -0.146. The molecule has 1 aliphatic rings. The summed E-state index contributed by atoms with van der Waals surface area (Å²) in [5.41, 5.74) is 5.77. The van der Waals surface area contributed by atoms with E-state index < -0.39 is 17.9 Å². The first-order valence-corrected chi connectivity index (χ1v) is 5.70. The van der Waals surface area contributed by atoms with E-state index in [1.54, 1.807) is 4.90 Å². The summed E-state index contributed by atoms with van der Waals surface area (Å²) >= 11 is 0. The van der Waals surface area contributed by atoms with Gasteiger partial charge in [-0.2, -0.15) is 0 Å². The number of carboxylic acid groups (broad SMARTS) is 1. The molecule has 2 unspecified atom stereocenters. The van der Waals surface area contributed by atoms with Crippen LogP contribution in [0, 0.1) is 11.8 Å². The van der Waals surface area contributed by atoms with E-state index in [1.807, 2.05) is 13.8 Å². The topological polar surface area (TPSA) is 83.6 Å². The Morgan fingerprint density at radius 3 is 2.56 bits per heavy atom. The predicted octanol–water partition coefficient (Wildman–Crippen LogP) is 0.293. The van der Waals surface area contributed by atoms with Gasteiger partial charge in [0.1, 0.15) is 0 Å². The lowest BCUT2D eigenvalue weighted by Gasteiger charge is -2.33. The van der Waals surface area contributed by atoms with E-state index in [0.717, 1.165) is 6.42 Å². The van der Waals surface area contributed by atoms with E-state index >= 15 is 0 Å². The summed E-state index contributed by atoms with van der Waals surface area (Å²) in [5.74, 6) is -1.30. The Bertz CT molecular complexity index is 278. The number of carbonyl (C=O) groups excluding carboxylic acids is 1. The first-order valence-electron chi connectivity index (χ1n) is 5.70. The van der Waals surface area contributed by atoms with Gasteiger partial charge in [-0.05, 0) is 18.8 Å². The zero-order chi connectivity index (χ0) is 12.3. The lowest BCUT2D eigenvalue weighted by atomic mass is 9.96. The van der Waals surface area contributed by atoms with Crippen LogP contribution < -0.4 is 5.73 Å². The maximum Gasteiger partial charge on any atom is 0.308 e. The average Bonchev–Trinajstić information content (AvgIpc) is 2.27. The van der Waals surface area contributed by atoms with Crippen LogP contribution in [0.25, 0.3) is 0 Å². The zero-order valence-corrected chi connectivity index (χ0v) is 9.85. The smallest absolute Gasteiger partial charge is 0.308 e. The second kappa shape index (κ2) is 5.30. The van der Waals surface area contributed by atoms with Crippen LogP contribution in [0.4, 0.5) is 0 Å². The molecule has 5 nitrogen and oxygen atoms in total. The fourth-order valence-corrected chi connectivity index (χ4v) is 1.87. The minimum absolute atomic E-state index is 0.0812. The average molecular weight is 228 g/mol. The molecule has 2 atom stereocenters. The molecule has 5 heteroatoms. The molecule has 1 fully saturated rings. The Morgan fingerprint density at radius 1 is 1.44 bits per heavy atom. The molecule has 3 N–H and O–H groups in total. The fraction of sp³-hybridized carbons (Fsp3) is 0.818. The molecule has 0 spiro atoms. The highest BCUT2D eigenvalue weighted by molar-refractivity contribution is 5.82. The van der Waals surface area contributed by atoms with Crippen molar-refractivity contribution in [2.75, 3.05) is 13.1 Å². The number of nitrogens with two attached hydrogens (primary N) is 1. The standard InChI is InChI=1S/C11H20N2O3/c1-7(2)9(12)10(14)13-5-3-4-8(6-13)11(15)16/h7-9H,3-6,12H2,1-2H3,(H,15,16). The highest BCUT2D eigenvalue weighted by Gasteiger charge is 2.31. The molecule has 0 saturated carbocycles. The van der Waals surface area contributed by atoms with Crippen LogP contribution in [0.5, 0.6) is 0 Å². The van der Waals surface area contributed by atoms with Crippen molar-refractivity contribution in [3.05, 3.63) is 0 Å². The summed E-state index contributed by atoms with van der Waals surface area (Å²) in [6.45, 7) is 4.71. The molecule has 0 aromatic rings. The van der Waals surface area contributed by atoms with E-state index in [9.17, 15) is 9.59 Å². The summed E-state index contributed by atoms with van der Waals surface area (Å²) in [5, 5.41) is 8.92. The van der Waals surface area contributed by atoms with Crippen molar-refractivity contribution in [1.82, 2.24) is 4.90 Å². The number of aliphatic carboxylic acids is 1. The van der Waals surface area contributed by atoms with E-state index in [0.29, 0.717) is 19.5 Å². The number of likely N-dealkylation sites (tertiary alicyclic amines) is 1. The highest BCUT2D eigenvalue weighted by atomic mass is 16.4. The Hall–Kier alpha value is -1.10. The van der Waals surface area contributed by atoms with Gasteiger partial charge in [-0.1, -0.05) is 13.8 Å². The number of hydrogen-bond acceptors (Lipinski definition) is 3. The zero-order valence-electron chi connectivity index (χ0n) is 9.85. The largest absolute Gasteiger partial charge is 0.481 e. The number of carbonyl (C=O) groups is 2. The Kier molecular flexibility index (Phi) is 4.29. The molecule has 0 aromatic heterocycles. The number of nitrogens with zero attached hydrogens (tertiary/aromatic N) is 1. The second-order valence-electron chi connectivity index (χ2n) is 4.73. The van der Waals surface area contributed by atoms with Crippen LogP contribution in [-0.4, -0.2) is 41.0 Å². The molecular weight excluding hydrogens is 208 g/mol. The van der Waals surface area contributed by atoms with Gasteiger partial charge in [-0.15, -0.1) is 0 Å². The van der Waals surface area contributed by atoms with Crippen LogP contribution in [0.2, 0.25) is 0 Å². The van der Waals surface area contributed by atoms with Gasteiger partial charge >= 0.3 is 5.97 Å². The van der Waals surface area contributed by atoms with E-state index in [4.69, 9.17) is 10.8 Å². The van der Waals surface area contributed by atoms with E-state index in [-0.39, 0.29) is 11.8 Å². The van der Waals surface area contributed by atoms with Gasteiger partial charge in [0, 0.05) is 13.1 Å². The van der Waals surface area contributed by atoms with Crippen LogP contribution in [0.15, 0.2) is 0 Å². The molecule has 0 radical (unpaired) electrons. The molecule has 0 aromatic carbocycles. The summed E-state index contributed by atoms with van der Waals surface area (Å²) < 4.78 is 0. The van der Waals surface area contributed by atoms with Crippen molar-refractivity contribution < 1.29 is 14.7 Å². The normalized spacial score (nSPS) is 23.2. The molecule has 0 aliphatic carbocycles. The molecule has 92 valence electrons. The minimum atomic E-state index is -0.824. The Labute approximate surface area is 95.6 Å². The van der Waals surface area contributed by atoms with Gasteiger partial charge < -0.3 is 15.7 Å². The molecule has 1 saturated heterocycles. The summed E-state index contributed by atoms with van der Waals surface area (Å²) in [4.78, 5) is 24.4. The SMILES string of the molecule is CC(C)C(N)C(=O)N1CCCC(C(=O)O)C1. The molecule has 1 rings (SSSR count). The Balaban J connectivity index is 2.60. The van der Waals surface area contributed by atoms with Crippen LogP contribution >= 0.6 is 0 Å². The Morgan fingerprint density at radius 2 is 2.06 bits per heavy atom. The molecular formula is C11H20N2O3. The number of piperidine rings is 1. The number of rotatable bonds is 3. The quantitative estimate of drug-likeness (QED) is 0.727. The van der Waals surface area contributed by atoms with Crippen molar-refractivity contribution in [2.24, 2.45) is 17.6 Å². The van der Waals surface area contributed by atoms with E-state index in [2.05, 4.69) is 0 Å². The third kappa shape index (κ3) is 2.95. The molecule has 1 heterocycles. The molecule has 1 amide bonds. The minimum Gasteiger partial charge on any atom is -0.481 e. The van der Waals surface area contributed by atoms with Crippen LogP contribution in [0.3, 0.4) is 0 Å². The van der Waals surface area contributed by atoms with Gasteiger partial charge in [0.25, 0.3) is 0 Å². The molecule has 0 bridgehead atoms. The highest BCUT2D eigenvalue weighted by Crippen LogP contribution is 2.18. The number of amides is 1. The predicted molar refractivity (Wildman–Crippen MR) is 59.8 cm³/mol. The van der Waals surface area contributed by atoms with Crippen molar-refractivity contribution in [3.8, 4) is 0 Å². The third-order valence-electron chi connectivity index (χ3n) is 3.09. The summed E-state index contributed by atoms with van der Waals surface area (Å²) in [6, 6.07) is -0.521. The monoisotopic (exact) mass is 228 g/mol. The molecule has 1 aliphatic heterocycles. The van der Waals surface area contributed by atoms with Gasteiger partial charge in [0.05, 0.1) is 12.0 Å². The molecule has 16 heavy (non-hydrogen) atoms. The van der Waals surface area contributed by atoms with Gasteiger partial charge in [0.15, 0.2) is 0 Å². The second-order valence-corrected chi connectivity index (χ2v) is 4.73. The van der Waals surface area contributed by atoms with Crippen molar-refractivity contribution in [3.63, 3.8) is 0 Å². The third-order valence-corrected chi connectivity index (χ3v) is 3.09. The van der Waals surface area contributed by atoms with Crippen molar-refractivity contribution in [2.45, 2.75) is 32.7 Å². The van der Waals surface area contributed by atoms with Gasteiger partial charge in [-0.25, -0.2) is 0 Å². The lowest BCUT2D eigenvalue weighted by Crippen LogP contribution is -2.50. The van der Waals surface area contributed by atoms with Crippen LogP contribution in [0.1, 0.15) is 26.7 Å². The first-order chi connectivity index (χ1) is 7.43. The summed E-state index contributed by atoms with van der Waals surface area (Å²) in [6.07, 6.45) is 1.39. The van der Waals surface area contributed by atoms with E-state index in [1.165, 1.54) is 0 Å². The summed E-state index contributed by atoms with van der Waals surface area (Å²) in [7, 11) is 0. The van der Waals surface area contributed by atoms with Crippen molar-refractivity contribution in [1.29, 1.82) is 0 Å². The van der Waals surface area contributed by atoms with Gasteiger partial charge in [0.2, 0.25) is 5.91 Å². The number of hydrogen-bond donors (Lipinski definition) is 2. The maximum atomic E-state index is 11.9. The van der Waals surface area contributed by atoms with Crippen molar-refractivity contribution >= 4 is 11.9 Å². The number of carboxylic acids is 1. The maximum absolute atomic E-state index is 11.9. The first kappa shape index (κ1) is 13.0.